The second-order valence-electron chi connectivity index (χ2n) is 8.12. The zero-order valence-corrected chi connectivity index (χ0v) is 18.5. The fourth-order valence-corrected chi connectivity index (χ4v) is 4.32. The highest BCUT2D eigenvalue weighted by molar-refractivity contribution is 6.09. The predicted molar refractivity (Wildman–Crippen MR) is 132 cm³/mol. The number of pyridine rings is 1. The SMILES string of the molecule is CN(C)c1ccc(O)c2nc(Oc3ccc4c5ccccc5n(-c5ncncn5)c4c3)ccc12. The van der Waals surface area contributed by atoms with Crippen LogP contribution >= 0.6 is 0 Å². The third-order valence-electron chi connectivity index (χ3n) is 5.82. The molecule has 0 radical (unpaired) electrons. The lowest BCUT2D eigenvalue weighted by molar-refractivity contribution is 0.460. The number of hydrogen-bond acceptors (Lipinski definition) is 7. The zero-order valence-electron chi connectivity index (χ0n) is 18.5. The average Bonchev–Trinajstić information content (AvgIpc) is 3.18. The molecule has 0 fully saturated rings. The van der Waals surface area contributed by atoms with Gasteiger partial charge in [-0.2, -0.15) is 0 Å². The molecular weight excluding hydrogens is 428 g/mol. The summed E-state index contributed by atoms with van der Waals surface area (Å²) in [6, 6.07) is 21.2. The number of phenolic OH excluding ortho intramolecular Hbond substituents is 1. The van der Waals surface area contributed by atoms with E-state index in [1.54, 1.807) is 12.1 Å². The minimum Gasteiger partial charge on any atom is -0.506 e. The number of anilines is 1. The highest BCUT2D eigenvalue weighted by Gasteiger charge is 2.15. The van der Waals surface area contributed by atoms with Crippen molar-refractivity contribution in [1.29, 1.82) is 0 Å². The Bertz CT molecular complexity index is 1680. The fourth-order valence-electron chi connectivity index (χ4n) is 4.32. The van der Waals surface area contributed by atoms with Gasteiger partial charge < -0.3 is 14.7 Å². The molecule has 0 amide bonds. The second kappa shape index (κ2) is 7.70. The number of nitrogens with zero attached hydrogens (tertiary/aromatic N) is 6. The number of rotatable bonds is 4. The van der Waals surface area contributed by atoms with E-state index in [1.165, 1.54) is 12.7 Å². The van der Waals surface area contributed by atoms with Gasteiger partial charge in [0.05, 0.1) is 11.0 Å². The molecule has 0 unspecified atom stereocenters. The summed E-state index contributed by atoms with van der Waals surface area (Å²) in [5.41, 5.74) is 3.36. The van der Waals surface area contributed by atoms with Crippen molar-refractivity contribution >= 4 is 38.4 Å². The minimum absolute atomic E-state index is 0.108. The molecule has 1 N–H and O–H groups in total. The van der Waals surface area contributed by atoms with Crippen molar-refractivity contribution in [3.05, 3.63) is 79.4 Å². The number of ether oxygens (including phenoxy) is 1. The van der Waals surface area contributed by atoms with E-state index in [1.807, 2.05) is 72.1 Å². The van der Waals surface area contributed by atoms with Gasteiger partial charge in [-0.15, -0.1) is 0 Å². The zero-order chi connectivity index (χ0) is 23.2. The molecule has 8 nitrogen and oxygen atoms in total. The van der Waals surface area contributed by atoms with Crippen LogP contribution in [-0.4, -0.2) is 43.7 Å². The van der Waals surface area contributed by atoms with E-state index >= 15 is 0 Å². The maximum absolute atomic E-state index is 10.4. The van der Waals surface area contributed by atoms with Gasteiger partial charge in [-0.25, -0.2) is 19.9 Å². The van der Waals surface area contributed by atoms with Crippen LogP contribution in [0.15, 0.2) is 79.4 Å². The summed E-state index contributed by atoms with van der Waals surface area (Å²) in [6.45, 7) is 0. The Kier molecular flexibility index (Phi) is 4.51. The summed E-state index contributed by atoms with van der Waals surface area (Å²) >= 11 is 0. The van der Waals surface area contributed by atoms with Crippen LogP contribution in [0.4, 0.5) is 5.69 Å². The molecule has 8 heteroatoms. The van der Waals surface area contributed by atoms with Gasteiger partial charge in [0.1, 0.15) is 29.7 Å². The van der Waals surface area contributed by atoms with Crippen molar-refractivity contribution in [2.75, 3.05) is 19.0 Å². The van der Waals surface area contributed by atoms with Gasteiger partial charge in [0, 0.05) is 48.1 Å². The van der Waals surface area contributed by atoms with E-state index in [9.17, 15) is 5.11 Å². The topological polar surface area (TPSA) is 89.2 Å². The average molecular weight is 448 g/mol. The van der Waals surface area contributed by atoms with Gasteiger partial charge >= 0.3 is 0 Å². The summed E-state index contributed by atoms with van der Waals surface area (Å²) in [4.78, 5) is 19.2. The molecule has 6 aromatic rings. The Balaban J connectivity index is 1.48. The molecule has 166 valence electrons. The Labute approximate surface area is 194 Å². The molecule has 3 aromatic carbocycles. The Hall–Kier alpha value is -4.72. The molecule has 0 saturated carbocycles. The molecule has 3 heterocycles. The van der Waals surface area contributed by atoms with Crippen molar-refractivity contribution in [1.82, 2.24) is 24.5 Å². The first-order valence-corrected chi connectivity index (χ1v) is 10.7. The number of aromatic hydroxyl groups is 1. The molecule has 0 aliphatic rings. The highest BCUT2D eigenvalue weighted by Crippen LogP contribution is 2.36. The van der Waals surface area contributed by atoms with Crippen molar-refractivity contribution < 1.29 is 9.84 Å². The highest BCUT2D eigenvalue weighted by atomic mass is 16.5. The Morgan fingerprint density at radius 2 is 1.59 bits per heavy atom. The Morgan fingerprint density at radius 3 is 2.41 bits per heavy atom. The second-order valence-corrected chi connectivity index (χ2v) is 8.12. The molecule has 0 aliphatic heterocycles. The third-order valence-corrected chi connectivity index (χ3v) is 5.82. The van der Waals surface area contributed by atoms with Gasteiger partial charge in [-0.1, -0.05) is 18.2 Å². The first-order valence-electron chi connectivity index (χ1n) is 10.7. The van der Waals surface area contributed by atoms with Gasteiger partial charge in [0.2, 0.25) is 11.8 Å². The molecule has 0 atom stereocenters. The van der Waals surface area contributed by atoms with Crippen LogP contribution in [0.1, 0.15) is 0 Å². The molecule has 34 heavy (non-hydrogen) atoms. The summed E-state index contributed by atoms with van der Waals surface area (Å²) < 4.78 is 8.12. The molecule has 0 bridgehead atoms. The van der Waals surface area contributed by atoms with Crippen LogP contribution < -0.4 is 9.64 Å². The van der Waals surface area contributed by atoms with Crippen molar-refractivity contribution in [2.24, 2.45) is 0 Å². The quantitative estimate of drug-likeness (QED) is 0.402. The van der Waals surface area contributed by atoms with Gasteiger partial charge in [0.15, 0.2) is 0 Å². The summed E-state index contributed by atoms with van der Waals surface area (Å²) in [7, 11) is 3.91. The smallest absolute Gasteiger partial charge is 0.237 e. The van der Waals surface area contributed by atoms with Crippen molar-refractivity contribution in [3.63, 3.8) is 0 Å². The monoisotopic (exact) mass is 448 g/mol. The third kappa shape index (κ3) is 3.15. The number of phenols is 1. The molecular formula is C26H20N6O2. The van der Waals surface area contributed by atoms with Crippen LogP contribution in [0.3, 0.4) is 0 Å². The molecule has 0 spiro atoms. The maximum Gasteiger partial charge on any atom is 0.237 e. The van der Waals surface area contributed by atoms with Gasteiger partial charge in [0.25, 0.3) is 0 Å². The van der Waals surface area contributed by atoms with Gasteiger partial charge in [-0.3, -0.25) is 4.57 Å². The van der Waals surface area contributed by atoms with Crippen molar-refractivity contribution in [2.45, 2.75) is 0 Å². The van der Waals surface area contributed by atoms with Gasteiger partial charge in [-0.05, 0) is 36.4 Å². The van der Waals surface area contributed by atoms with E-state index in [0.29, 0.717) is 23.1 Å². The molecule has 6 rings (SSSR count). The number of aromatic nitrogens is 5. The Morgan fingerprint density at radius 1 is 0.824 bits per heavy atom. The normalized spacial score (nSPS) is 11.4. The fraction of sp³-hybridized carbons (Fsp3) is 0.0769. The summed E-state index contributed by atoms with van der Waals surface area (Å²) in [5.74, 6) is 1.64. The van der Waals surface area contributed by atoms with E-state index in [4.69, 9.17) is 4.74 Å². The summed E-state index contributed by atoms with van der Waals surface area (Å²) in [5, 5.41) is 13.4. The first-order chi connectivity index (χ1) is 16.6. The lowest BCUT2D eigenvalue weighted by Gasteiger charge is -2.16. The van der Waals surface area contributed by atoms with E-state index in [2.05, 4.69) is 26.0 Å². The molecule has 0 aliphatic carbocycles. The molecule has 0 saturated heterocycles. The van der Waals surface area contributed by atoms with E-state index < -0.39 is 0 Å². The maximum atomic E-state index is 10.4. The van der Waals surface area contributed by atoms with Crippen molar-refractivity contribution in [3.8, 4) is 23.3 Å². The largest absolute Gasteiger partial charge is 0.506 e. The van der Waals surface area contributed by atoms with Crippen LogP contribution in [-0.2, 0) is 0 Å². The van der Waals surface area contributed by atoms with E-state index in [-0.39, 0.29) is 5.75 Å². The number of fused-ring (bicyclic) bond motifs is 4. The lowest BCUT2D eigenvalue weighted by Crippen LogP contribution is -2.09. The molecule has 3 aromatic heterocycles. The number of hydrogen-bond donors (Lipinski definition) is 1. The number of para-hydroxylation sites is 1. The summed E-state index contributed by atoms with van der Waals surface area (Å²) in [6.07, 6.45) is 2.97. The van der Waals surface area contributed by atoms with Crippen LogP contribution in [0, 0.1) is 0 Å². The number of benzene rings is 3. The minimum atomic E-state index is 0.108. The van der Waals surface area contributed by atoms with Crippen LogP contribution in [0.25, 0.3) is 38.7 Å². The predicted octanol–water partition coefficient (Wildman–Crippen LogP) is 5.08. The van der Waals surface area contributed by atoms with E-state index in [0.717, 1.165) is 32.9 Å². The first kappa shape index (κ1) is 19.9. The van der Waals surface area contributed by atoms with Crippen LogP contribution in [0.5, 0.6) is 17.4 Å². The lowest BCUT2D eigenvalue weighted by atomic mass is 10.1. The van der Waals surface area contributed by atoms with Crippen LogP contribution in [0.2, 0.25) is 0 Å². The standard InChI is InChI=1S/C26H20N6O2/c1-31(2)20-10-11-23(33)25-19(20)9-12-24(30-25)34-16-7-8-18-17-5-3-4-6-21(17)32(22(18)13-16)26-28-14-27-15-29-26/h3-15,33H,1-2H3.